The zero-order valence-electron chi connectivity index (χ0n) is 10.8. The molecule has 0 amide bonds. The van der Waals surface area contributed by atoms with Crippen LogP contribution in [0.4, 0.5) is 0 Å². The summed E-state index contributed by atoms with van der Waals surface area (Å²) in [5.41, 5.74) is -0.126. The molecule has 0 aliphatic carbocycles. The molecule has 0 aromatic carbocycles. The number of likely N-dealkylation sites (N-methyl/N-ethyl adjacent to an activating group) is 1. The van der Waals surface area contributed by atoms with Crippen LogP contribution in [0.1, 0.15) is 26.7 Å². The van der Waals surface area contributed by atoms with Gasteiger partial charge < -0.3 is 20.1 Å². The quantitative estimate of drug-likeness (QED) is 0.696. The average molecular weight is 230 g/mol. The summed E-state index contributed by atoms with van der Waals surface area (Å²) < 4.78 is 5.69. The molecule has 4 heteroatoms. The highest BCUT2D eigenvalue weighted by Crippen LogP contribution is 2.14. The molecule has 1 atom stereocenters. The van der Waals surface area contributed by atoms with Crippen LogP contribution in [-0.4, -0.2) is 61.5 Å². The van der Waals surface area contributed by atoms with Crippen molar-refractivity contribution in [2.24, 2.45) is 0 Å². The zero-order chi connectivity index (χ0) is 12.0. The second-order valence-electron chi connectivity index (χ2n) is 4.78. The number of morpholine rings is 1. The summed E-state index contributed by atoms with van der Waals surface area (Å²) in [6.07, 6.45) is 2.15. The van der Waals surface area contributed by atoms with Crippen LogP contribution in [0.25, 0.3) is 0 Å². The number of nitrogens with zero attached hydrogens (tertiary/aromatic N) is 1. The van der Waals surface area contributed by atoms with Gasteiger partial charge in [0, 0.05) is 25.2 Å². The third-order valence-corrected chi connectivity index (χ3v) is 3.70. The van der Waals surface area contributed by atoms with Crippen molar-refractivity contribution in [1.82, 2.24) is 10.2 Å². The lowest BCUT2D eigenvalue weighted by Crippen LogP contribution is -2.53. The van der Waals surface area contributed by atoms with E-state index in [0.717, 1.165) is 39.1 Å². The van der Waals surface area contributed by atoms with E-state index in [1.807, 2.05) is 0 Å². The minimum atomic E-state index is -0.126. The molecular formula is C12H26N2O2. The minimum Gasteiger partial charge on any atom is -0.394 e. The molecule has 0 aromatic rings. The van der Waals surface area contributed by atoms with Gasteiger partial charge in [-0.3, -0.25) is 0 Å². The van der Waals surface area contributed by atoms with Gasteiger partial charge in [0.2, 0.25) is 0 Å². The SMILES string of the molecule is CCC(CC)(CO)NCC1CN(C)CCO1. The van der Waals surface area contributed by atoms with Crippen LogP contribution in [-0.2, 0) is 4.74 Å². The summed E-state index contributed by atoms with van der Waals surface area (Å²) in [6.45, 7) is 8.05. The Labute approximate surface area is 99.0 Å². The molecule has 0 aromatic heterocycles. The summed E-state index contributed by atoms with van der Waals surface area (Å²) in [7, 11) is 2.12. The normalized spacial score (nSPS) is 23.6. The van der Waals surface area contributed by atoms with Crippen molar-refractivity contribution in [1.29, 1.82) is 0 Å². The monoisotopic (exact) mass is 230 g/mol. The van der Waals surface area contributed by atoms with Crippen LogP contribution >= 0.6 is 0 Å². The van der Waals surface area contributed by atoms with Crippen LogP contribution < -0.4 is 5.32 Å². The van der Waals surface area contributed by atoms with Gasteiger partial charge in [-0.05, 0) is 19.9 Å². The maximum Gasteiger partial charge on any atom is 0.0826 e. The Morgan fingerprint density at radius 2 is 2.12 bits per heavy atom. The molecule has 0 spiro atoms. The largest absolute Gasteiger partial charge is 0.394 e. The number of aliphatic hydroxyl groups excluding tert-OH is 1. The van der Waals surface area contributed by atoms with E-state index in [1.165, 1.54) is 0 Å². The van der Waals surface area contributed by atoms with Crippen molar-refractivity contribution in [2.45, 2.75) is 38.3 Å². The Morgan fingerprint density at radius 3 is 2.62 bits per heavy atom. The maximum absolute atomic E-state index is 9.44. The predicted molar refractivity (Wildman–Crippen MR) is 65.6 cm³/mol. The molecule has 0 bridgehead atoms. The van der Waals surface area contributed by atoms with Gasteiger partial charge >= 0.3 is 0 Å². The van der Waals surface area contributed by atoms with Crippen molar-refractivity contribution in [3.05, 3.63) is 0 Å². The van der Waals surface area contributed by atoms with Gasteiger partial charge in [-0.15, -0.1) is 0 Å². The maximum atomic E-state index is 9.44. The fourth-order valence-electron chi connectivity index (χ4n) is 2.10. The number of nitrogens with one attached hydrogen (secondary N) is 1. The van der Waals surface area contributed by atoms with Crippen molar-refractivity contribution >= 4 is 0 Å². The van der Waals surface area contributed by atoms with Crippen LogP contribution in [0, 0.1) is 0 Å². The number of ether oxygens (including phenoxy) is 1. The molecule has 4 nitrogen and oxygen atoms in total. The zero-order valence-corrected chi connectivity index (χ0v) is 10.8. The van der Waals surface area contributed by atoms with E-state index in [-0.39, 0.29) is 18.2 Å². The van der Waals surface area contributed by atoms with Gasteiger partial charge in [0.25, 0.3) is 0 Å². The predicted octanol–water partition coefficient (Wildman–Crippen LogP) is 0.458. The Hall–Kier alpha value is -0.160. The van der Waals surface area contributed by atoms with Gasteiger partial charge in [-0.2, -0.15) is 0 Å². The highest BCUT2D eigenvalue weighted by Gasteiger charge is 2.26. The number of aliphatic hydroxyl groups is 1. The van der Waals surface area contributed by atoms with Crippen molar-refractivity contribution in [3.63, 3.8) is 0 Å². The fraction of sp³-hybridized carbons (Fsp3) is 1.00. The van der Waals surface area contributed by atoms with E-state index in [9.17, 15) is 5.11 Å². The van der Waals surface area contributed by atoms with E-state index in [1.54, 1.807) is 0 Å². The Kier molecular flexibility index (Phi) is 5.69. The van der Waals surface area contributed by atoms with Gasteiger partial charge in [0.1, 0.15) is 0 Å². The summed E-state index contributed by atoms with van der Waals surface area (Å²) in [5.74, 6) is 0. The van der Waals surface area contributed by atoms with Gasteiger partial charge in [-0.25, -0.2) is 0 Å². The number of hydrogen-bond donors (Lipinski definition) is 2. The van der Waals surface area contributed by atoms with E-state index in [4.69, 9.17) is 4.74 Å². The lowest BCUT2D eigenvalue weighted by atomic mass is 9.93. The Bertz CT molecular complexity index is 187. The van der Waals surface area contributed by atoms with Gasteiger partial charge in [0.05, 0.1) is 19.3 Å². The summed E-state index contributed by atoms with van der Waals surface area (Å²) in [5, 5.41) is 12.9. The van der Waals surface area contributed by atoms with E-state index in [0.29, 0.717) is 0 Å². The molecular weight excluding hydrogens is 204 g/mol. The Morgan fingerprint density at radius 1 is 1.44 bits per heavy atom. The molecule has 1 aliphatic rings. The van der Waals surface area contributed by atoms with Crippen molar-refractivity contribution in [3.8, 4) is 0 Å². The molecule has 96 valence electrons. The first kappa shape index (κ1) is 13.9. The molecule has 1 unspecified atom stereocenters. The molecule has 16 heavy (non-hydrogen) atoms. The second kappa shape index (κ2) is 6.55. The molecule has 1 saturated heterocycles. The summed E-state index contributed by atoms with van der Waals surface area (Å²) in [6, 6.07) is 0. The minimum absolute atomic E-state index is 0.126. The van der Waals surface area contributed by atoms with Crippen molar-refractivity contribution in [2.75, 3.05) is 39.9 Å². The first-order chi connectivity index (χ1) is 7.65. The molecule has 1 heterocycles. The smallest absolute Gasteiger partial charge is 0.0826 e. The van der Waals surface area contributed by atoms with Crippen LogP contribution in [0.2, 0.25) is 0 Å². The molecule has 2 N–H and O–H groups in total. The number of hydrogen-bond acceptors (Lipinski definition) is 4. The van der Waals surface area contributed by atoms with Gasteiger partial charge in [-0.1, -0.05) is 13.8 Å². The van der Waals surface area contributed by atoms with Crippen LogP contribution in [0.3, 0.4) is 0 Å². The standard InChI is InChI=1S/C12H26N2O2/c1-4-12(5-2,10-15)13-8-11-9-14(3)6-7-16-11/h11,13,15H,4-10H2,1-3H3. The van der Waals surface area contributed by atoms with E-state index < -0.39 is 0 Å². The first-order valence-electron chi connectivity index (χ1n) is 6.32. The van der Waals surface area contributed by atoms with Gasteiger partial charge in [0.15, 0.2) is 0 Å². The highest BCUT2D eigenvalue weighted by atomic mass is 16.5. The van der Waals surface area contributed by atoms with E-state index >= 15 is 0 Å². The topological polar surface area (TPSA) is 44.7 Å². The molecule has 0 radical (unpaired) electrons. The first-order valence-corrected chi connectivity index (χ1v) is 6.32. The lowest BCUT2D eigenvalue weighted by Gasteiger charge is -2.35. The lowest BCUT2D eigenvalue weighted by molar-refractivity contribution is -0.0240. The van der Waals surface area contributed by atoms with E-state index in [2.05, 4.69) is 31.1 Å². The number of rotatable bonds is 6. The molecule has 1 fully saturated rings. The average Bonchev–Trinajstić information content (AvgIpc) is 2.32. The molecule has 1 aliphatic heterocycles. The second-order valence-corrected chi connectivity index (χ2v) is 4.78. The van der Waals surface area contributed by atoms with Crippen LogP contribution in [0.5, 0.6) is 0 Å². The highest BCUT2D eigenvalue weighted by molar-refractivity contribution is 4.86. The molecule has 0 saturated carbocycles. The Balaban J connectivity index is 2.36. The fourth-order valence-corrected chi connectivity index (χ4v) is 2.10. The molecule has 1 rings (SSSR count). The summed E-state index contributed by atoms with van der Waals surface area (Å²) in [4.78, 5) is 2.29. The third kappa shape index (κ3) is 3.70. The van der Waals surface area contributed by atoms with Crippen LogP contribution in [0.15, 0.2) is 0 Å². The third-order valence-electron chi connectivity index (χ3n) is 3.70. The van der Waals surface area contributed by atoms with Crippen molar-refractivity contribution < 1.29 is 9.84 Å². The summed E-state index contributed by atoms with van der Waals surface area (Å²) >= 11 is 0.